The van der Waals surface area contributed by atoms with E-state index in [0.29, 0.717) is 23.2 Å². The Labute approximate surface area is 158 Å². The zero-order valence-corrected chi connectivity index (χ0v) is 15.9. The van der Waals surface area contributed by atoms with Crippen LogP contribution in [0.25, 0.3) is 0 Å². The van der Waals surface area contributed by atoms with E-state index in [0.717, 1.165) is 6.26 Å². The number of anilines is 1. The Kier molecular flexibility index (Phi) is 6.57. The van der Waals surface area contributed by atoms with Crippen molar-refractivity contribution in [2.24, 2.45) is 0 Å². The molecular weight excluding hydrogens is 368 g/mol. The number of rotatable bonds is 8. The van der Waals surface area contributed by atoms with Crippen molar-refractivity contribution in [3.63, 3.8) is 0 Å². The SMILES string of the molecule is CC(NC(=O)CCc1ccccc1C(=O)O)c1ccccc1NS(C)(=O)=O. The summed E-state index contributed by atoms with van der Waals surface area (Å²) in [5.74, 6) is -1.28. The van der Waals surface area contributed by atoms with E-state index in [4.69, 9.17) is 0 Å². The van der Waals surface area contributed by atoms with Gasteiger partial charge in [-0.3, -0.25) is 9.52 Å². The van der Waals surface area contributed by atoms with E-state index in [1.54, 1.807) is 49.4 Å². The minimum atomic E-state index is -3.44. The van der Waals surface area contributed by atoms with Crippen LogP contribution in [0.2, 0.25) is 0 Å². The average Bonchev–Trinajstić information content (AvgIpc) is 2.59. The second-order valence-electron chi connectivity index (χ2n) is 6.21. The fourth-order valence-electron chi connectivity index (χ4n) is 2.75. The summed E-state index contributed by atoms with van der Waals surface area (Å²) >= 11 is 0. The number of carboxylic acids is 1. The standard InChI is InChI=1S/C19H22N2O5S/c1-13(15-8-5-6-10-17(15)21-27(2,25)26)20-18(22)12-11-14-7-3-4-9-16(14)19(23)24/h3-10,13,21H,11-12H2,1-2H3,(H,20,22)(H,23,24). The van der Waals surface area contributed by atoms with E-state index in [1.165, 1.54) is 6.07 Å². The summed E-state index contributed by atoms with van der Waals surface area (Å²) in [7, 11) is -3.44. The Morgan fingerprint density at radius 3 is 2.37 bits per heavy atom. The number of carbonyl (C=O) groups is 2. The molecule has 2 aromatic carbocycles. The highest BCUT2D eigenvalue weighted by molar-refractivity contribution is 7.92. The van der Waals surface area contributed by atoms with Crippen molar-refractivity contribution in [1.82, 2.24) is 5.32 Å². The second kappa shape index (κ2) is 8.68. The van der Waals surface area contributed by atoms with Crippen molar-refractivity contribution < 1.29 is 23.1 Å². The third-order valence-corrected chi connectivity index (χ3v) is 4.56. The molecule has 0 fully saturated rings. The van der Waals surface area contributed by atoms with Crippen LogP contribution in [0, 0.1) is 0 Å². The smallest absolute Gasteiger partial charge is 0.335 e. The fraction of sp³-hybridized carbons (Fsp3) is 0.263. The monoisotopic (exact) mass is 390 g/mol. The Bertz CT molecular complexity index is 941. The summed E-state index contributed by atoms with van der Waals surface area (Å²) in [6, 6.07) is 13.0. The molecule has 0 aliphatic heterocycles. The van der Waals surface area contributed by atoms with E-state index in [2.05, 4.69) is 10.0 Å². The predicted molar refractivity (Wildman–Crippen MR) is 103 cm³/mol. The number of aryl methyl sites for hydroxylation is 1. The average molecular weight is 390 g/mol. The molecule has 3 N–H and O–H groups in total. The Balaban J connectivity index is 2.04. The molecule has 7 nitrogen and oxygen atoms in total. The zero-order valence-electron chi connectivity index (χ0n) is 15.1. The van der Waals surface area contributed by atoms with Gasteiger partial charge in [0.2, 0.25) is 15.9 Å². The lowest BCUT2D eigenvalue weighted by molar-refractivity contribution is -0.121. The third kappa shape index (κ3) is 6.10. The first-order chi connectivity index (χ1) is 12.7. The van der Waals surface area contributed by atoms with Crippen LogP contribution >= 0.6 is 0 Å². The van der Waals surface area contributed by atoms with Crippen LogP contribution in [0.15, 0.2) is 48.5 Å². The van der Waals surface area contributed by atoms with Gasteiger partial charge in [-0.15, -0.1) is 0 Å². The summed E-state index contributed by atoms with van der Waals surface area (Å²) in [4.78, 5) is 23.5. The molecule has 2 rings (SSSR count). The van der Waals surface area contributed by atoms with Gasteiger partial charge in [-0.25, -0.2) is 13.2 Å². The van der Waals surface area contributed by atoms with Gasteiger partial charge in [0.05, 0.1) is 23.5 Å². The van der Waals surface area contributed by atoms with Crippen LogP contribution < -0.4 is 10.0 Å². The molecule has 1 unspecified atom stereocenters. The van der Waals surface area contributed by atoms with Gasteiger partial charge in [-0.1, -0.05) is 36.4 Å². The molecule has 0 heterocycles. The van der Waals surface area contributed by atoms with Gasteiger partial charge in [-0.2, -0.15) is 0 Å². The van der Waals surface area contributed by atoms with Crippen molar-refractivity contribution in [1.29, 1.82) is 0 Å². The maximum atomic E-state index is 12.3. The molecule has 0 spiro atoms. The number of amides is 1. The minimum absolute atomic E-state index is 0.121. The quantitative estimate of drug-likeness (QED) is 0.641. The van der Waals surface area contributed by atoms with E-state index in [1.807, 2.05) is 0 Å². The number of nitrogens with one attached hydrogen (secondary N) is 2. The molecule has 8 heteroatoms. The van der Waals surface area contributed by atoms with Crippen LogP contribution in [0.1, 0.15) is 40.9 Å². The fourth-order valence-corrected chi connectivity index (χ4v) is 3.34. The van der Waals surface area contributed by atoms with E-state index in [-0.39, 0.29) is 17.9 Å². The van der Waals surface area contributed by atoms with Crippen LogP contribution in [-0.2, 0) is 21.2 Å². The molecule has 0 saturated carbocycles. The first-order valence-electron chi connectivity index (χ1n) is 8.34. The van der Waals surface area contributed by atoms with E-state index < -0.39 is 22.0 Å². The normalized spacial score (nSPS) is 12.2. The lowest BCUT2D eigenvalue weighted by Crippen LogP contribution is -2.27. The van der Waals surface area contributed by atoms with Crippen molar-refractivity contribution in [3.05, 3.63) is 65.2 Å². The van der Waals surface area contributed by atoms with Crippen molar-refractivity contribution >= 4 is 27.6 Å². The summed E-state index contributed by atoms with van der Waals surface area (Å²) in [6.07, 6.45) is 1.48. The molecule has 0 aromatic heterocycles. The maximum absolute atomic E-state index is 12.3. The Hall–Kier alpha value is -2.87. The van der Waals surface area contributed by atoms with Crippen LogP contribution in [0.5, 0.6) is 0 Å². The Morgan fingerprint density at radius 1 is 1.07 bits per heavy atom. The number of hydrogen-bond donors (Lipinski definition) is 3. The lowest BCUT2D eigenvalue weighted by atomic mass is 10.0. The van der Waals surface area contributed by atoms with Crippen molar-refractivity contribution in [2.75, 3.05) is 11.0 Å². The van der Waals surface area contributed by atoms with Gasteiger partial charge in [-0.05, 0) is 36.6 Å². The van der Waals surface area contributed by atoms with E-state index >= 15 is 0 Å². The van der Waals surface area contributed by atoms with Gasteiger partial charge in [0.25, 0.3) is 0 Å². The number of sulfonamides is 1. The highest BCUT2D eigenvalue weighted by Gasteiger charge is 2.16. The summed E-state index contributed by atoms with van der Waals surface area (Å²) in [6.45, 7) is 1.76. The zero-order chi connectivity index (χ0) is 20.0. The molecule has 0 bridgehead atoms. The number of para-hydroxylation sites is 1. The highest BCUT2D eigenvalue weighted by atomic mass is 32.2. The molecule has 1 amide bonds. The Morgan fingerprint density at radius 2 is 1.70 bits per heavy atom. The van der Waals surface area contributed by atoms with Crippen LogP contribution in [0.3, 0.4) is 0 Å². The van der Waals surface area contributed by atoms with E-state index in [9.17, 15) is 23.1 Å². The topological polar surface area (TPSA) is 113 Å². The molecule has 0 radical (unpaired) electrons. The molecule has 0 aliphatic rings. The second-order valence-corrected chi connectivity index (χ2v) is 7.96. The van der Waals surface area contributed by atoms with Crippen LogP contribution in [-0.4, -0.2) is 31.7 Å². The number of carbonyl (C=O) groups excluding carboxylic acids is 1. The number of aromatic carboxylic acids is 1. The van der Waals surface area contributed by atoms with Gasteiger partial charge < -0.3 is 10.4 Å². The molecule has 144 valence electrons. The summed E-state index contributed by atoms with van der Waals surface area (Å²) in [5.41, 5.74) is 1.82. The van der Waals surface area contributed by atoms with Gasteiger partial charge in [0.15, 0.2) is 0 Å². The molecule has 0 aliphatic carbocycles. The molecule has 2 aromatic rings. The molecule has 0 saturated heterocycles. The third-order valence-electron chi connectivity index (χ3n) is 3.97. The largest absolute Gasteiger partial charge is 0.478 e. The number of hydrogen-bond acceptors (Lipinski definition) is 4. The van der Waals surface area contributed by atoms with Crippen molar-refractivity contribution in [2.45, 2.75) is 25.8 Å². The molecule has 1 atom stereocenters. The molecule has 27 heavy (non-hydrogen) atoms. The lowest BCUT2D eigenvalue weighted by Gasteiger charge is -2.18. The maximum Gasteiger partial charge on any atom is 0.335 e. The summed E-state index contributed by atoms with van der Waals surface area (Å²) in [5, 5.41) is 12.0. The highest BCUT2D eigenvalue weighted by Crippen LogP contribution is 2.23. The first kappa shape index (κ1) is 20.4. The number of benzene rings is 2. The van der Waals surface area contributed by atoms with Gasteiger partial charge in [0, 0.05) is 6.42 Å². The first-order valence-corrected chi connectivity index (χ1v) is 10.2. The predicted octanol–water partition coefficient (Wildman–Crippen LogP) is 2.57. The van der Waals surface area contributed by atoms with Crippen molar-refractivity contribution in [3.8, 4) is 0 Å². The summed E-state index contributed by atoms with van der Waals surface area (Å²) < 4.78 is 25.4. The number of carboxylic acid groups (broad SMARTS) is 1. The van der Waals surface area contributed by atoms with Gasteiger partial charge >= 0.3 is 5.97 Å². The van der Waals surface area contributed by atoms with Crippen LogP contribution in [0.4, 0.5) is 5.69 Å². The minimum Gasteiger partial charge on any atom is -0.478 e. The van der Waals surface area contributed by atoms with Gasteiger partial charge in [0.1, 0.15) is 0 Å². The molecular formula is C19H22N2O5S.